The molecule has 3 amide bonds. The first-order chi connectivity index (χ1) is 14.4. The molecule has 1 aliphatic rings. The first-order valence-electron chi connectivity index (χ1n) is 9.95. The second kappa shape index (κ2) is 9.35. The van der Waals surface area contributed by atoms with Crippen LogP contribution in [0, 0.1) is 23.2 Å². The molecule has 3 atom stereocenters. The number of carbonyl (C=O) groups is 3. The average molecular weight is 411 g/mol. The van der Waals surface area contributed by atoms with Crippen molar-refractivity contribution in [2.45, 2.75) is 45.2 Å². The maximum Gasteiger partial charge on any atom is 0.287 e. The van der Waals surface area contributed by atoms with Crippen LogP contribution in [0.5, 0.6) is 0 Å². The number of pyridine rings is 1. The molecule has 158 valence electrons. The van der Waals surface area contributed by atoms with E-state index in [0.29, 0.717) is 30.4 Å². The van der Waals surface area contributed by atoms with Gasteiger partial charge in [0.2, 0.25) is 11.8 Å². The molecule has 10 nitrogen and oxygen atoms in total. The van der Waals surface area contributed by atoms with E-state index in [0.717, 1.165) is 0 Å². The Hall–Kier alpha value is -3.48. The maximum absolute atomic E-state index is 12.8. The molecule has 1 aliphatic heterocycles. The van der Waals surface area contributed by atoms with Crippen LogP contribution in [-0.4, -0.2) is 51.3 Å². The lowest BCUT2D eigenvalue weighted by molar-refractivity contribution is -0.125. The Bertz CT molecular complexity index is 945. The van der Waals surface area contributed by atoms with Crippen LogP contribution in [0.15, 0.2) is 18.5 Å². The fourth-order valence-corrected chi connectivity index (χ4v) is 3.46. The zero-order valence-electron chi connectivity index (χ0n) is 16.9. The molecule has 0 radical (unpaired) electrons. The summed E-state index contributed by atoms with van der Waals surface area (Å²) in [5.41, 5.74) is 1.21. The monoisotopic (exact) mass is 411 g/mol. The van der Waals surface area contributed by atoms with Gasteiger partial charge >= 0.3 is 0 Å². The SMILES string of the molecule is CC(C)CC(NC(=O)c1nc2ccncc2[nH]1)C(=O)NC(C#N)CC1CCNC1=O. The van der Waals surface area contributed by atoms with Crippen LogP contribution in [-0.2, 0) is 9.59 Å². The number of aromatic nitrogens is 3. The Balaban J connectivity index is 1.67. The molecule has 10 heteroatoms. The fourth-order valence-electron chi connectivity index (χ4n) is 3.46. The third kappa shape index (κ3) is 5.11. The van der Waals surface area contributed by atoms with E-state index in [2.05, 4.69) is 30.9 Å². The number of fused-ring (bicyclic) bond motifs is 1. The van der Waals surface area contributed by atoms with E-state index >= 15 is 0 Å². The number of nitrogens with one attached hydrogen (secondary N) is 4. The van der Waals surface area contributed by atoms with Gasteiger partial charge in [0.1, 0.15) is 12.1 Å². The van der Waals surface area contributed by atoms with Gasteiger partial charge in [-0.05, 0) is 31.2 Å². The third-order valence-corrected chi connectivity index (χ3v) is 4.98. The highest BCUT2D eigenvalue weighted by Gasteiger charge is 2.30. The summed E-state index contributed by atoms with van der Waals surface area (Å²) in [6, 6.07) is 2.07. The molecule has 1 fully saturated rings. The molecular weight excluding hydrogens is 386 g/mol. The highest BCUT2D eigenvalue weighted by Crippen LogP contribution is 2.16. The average Bonchev–Trinajstić information content (AvgIpc) is 3.32. The van der Waals surface area contributed by atoms with E-state index in [1.807, 2.05) is 19.9 Å². The second-order valence-electron chi connectivity index (χ2n) is 7.84. The number of aromatic amines is 1. The smallest absolute Gasteiger partial charge is 0.287 e. The Morgan fingerprint density at radius 2 is 2.17 bits per heavy atom. The maximum atomic E-state index is 12.8. The Labute approximate surface area is 173 Å². The third-order valence-electron chi connectivity index (χ3n) is 4.98. The lowest BCUT2D eigenvalue weighted by Crippen LogP contribution is -2.50. The van der Waals surface area contributed by atoms with Crippen LogP contribution in [0.1, 0.15) is 43.7 Å². The predicted octanol–water partition coefficient (Wildman–Crippen LogP) is 0.637. The van der Waals surface area contributed by atoms with Crippen LogP contribution in [0.2, 0.25) is 0 Å². The molecular formula is C20H25N7O3. The lowest BCUT2D eigenvalue weighted by atomic mass is 9.98. The molecule has 0 aromatic carbocycles. The van der Waals surface area contributed by atoms with Crippen molar-refractivity contribution in [1.82, 2.24) is 30.9 Å². The normalized spacial score (nSPS) is 17.9. The minimum absolute atomic E-state index is 0.0824. The van der Waals surface area contributed by atoms with Crippen molar-refractivity contribution in [2.75, 3.05) is 6.54 Å². The van der Waals surface area contributed by atoms with Crippen molar-refractivity contribution < 1.29 is 14.4 Å². The molecule has 4 N–H and O–H groups in total. The molecule has 3 rings (SSSR count). The molecule has 0 saturated carbocycles. The minimum atomic E-state index is -0.836. The molecule has 0 bridgehead atoms. The Kier molecular flexibility index (Phi) is 6.61. The summed E-state index contributed by atoms with van der Waals surface area (Å²) in [5, 5.41) is 17.5. The molecule has 0 spiro atoms. The van der Waals surface area contributed by atoms with Crippen LogP contribution < -0.4 is 16.0 Å². The molecule has 3 unspecified atom stereocenters. The van der Waals surface area contributed by atoms with Gasteiger partial charge in [0.05, 0.1) is 23.3 Å². The largest absolute Gasteiger partial charge is 0.356 e. The van der Waals surface area contributed by atoms with Crippen LogP contribution in [0.3, 0.4) is 0 Å². The summed E-state index contributed by atoms with van der Waals surface area (Å²) in [6.45, 7) is 4.45. The van der Waals surface area contributed by atoms with Gasteiger partial charge in [-0.1, -0.05) is 13.8 Å². The standard InChI is InChI=1S/C20H25N7O3/c1-11(2)7-15(19(29)24-13(9-21)8-12-3-6-23-18(12)28)27-20(30)17-25-14-4-5-22-10-16(14)26-17/h4-5,10-13,15H,3,6-8H2,1-2H3,(H,23,28)(H,24,29)(H,25,26)(H,27,30). The van der Waals surface area contributed by atoms with Crippen LogP contribution in [0.4, 0.5) is 0 Å². The van der Waals surface area contributed by atoms with Gasteiger partial charge in [-0.25, -0.2) is 4.98 Å². The number of amides is 3. The number of carbonyl (C=O) groups excluding carboxylic acids is 3. The molecule has 2 aromatic heterocycles. The number of H-pyrrole nitrogens is 1. The van der Waals surface area contributed by atoms with Crippen molar-refractivity contribution in [3.8, 4) is 6.07 Å². The summed E-state index contributed by atoms with van der Waals surface area (Å²) < 4.78 is 0. The second-order valence-corrected chi connectivity index (χ2v) is 7.84. The van der Waals surface area contributed by atoms with E-state index in [9.17, 15) is 19.6 Å². The first-order valence-corrected chi connectivity index (χ1v) is 9.95. The van der Waals surface area contributed by atoms with Gasteiger partial charge in [-0.2, -0.15) is 5.26 Å². The molecule has 0 aliphatic carbocycles. The summed E-state index contributed by atoms with van der Waals surface area (Å²) in [7, 11) is 0. The van der Waals surface area contributed by atoms with Crippen molar-refractivity contribution in [1.29, 1.82) is 5.26 Å². The van der Waals surface area contributed by atoms with Gasteiger partial charge in [0.25, 0.3) is 5.91 Å². The Morgan fingerprint density at radius 3 is 2.80 bits per heavy atom. The number of hydrogen-bond donors (Lipinski definition) is 4. The number of hydrogen-bond acceptors (Lipinski definition) is 6. The number of rotatable bonds is 8. The van der Waals surface area contributed by atoms with Gasteiger partial charge in [-0.3, -0.25) is 19.4 Å². The van der Waals surface area contributed by atoms with Gasteiger partial charge in [0, 0.05) is 18.7 Å². The zero-order valence-corrected chi connectivity index (χ0v) is 16.9. The van der Waals surface area contributed by atoms with Crippen LogP contribution in [0.25, 0.3) is 11.0 Å². The first kappa shape index (κ1) is 21.2. The zero-order chi connectivity index (χ0) is 21.7. The van der Waals surface area contributed by atoms with Crippen molar-refractivity contribution in [3.05, 3.63) is 24.3 Å². The number of imidazole rings is 1. The predicted molar refractivity (Wildman–Crippen MR) is 108 cm³/mol. The van der Waals surface area contributed by atoms with Gasteiger partial charge in [-0.15, -0.1) is 0 Å². The van der Waals surface area contributed by atoms with E-state index in [1.165, 1.54) is 0 Å². The number of nitrogens with zero attached hydrogens (tertiary/aromatic N) is 3. The summed E-state index contributed by atoms with van der Waals surface area (Å²) in [4.78, 5) is 48.3. The molecule has 2 aromatic rings. The van der Waals surface area contributed by atoms with Crippen molar-refractivity contribution in [3.63, 3.8) is 0 Å². The highest BCUT2D eigenvalue weighted by atomic mass is 16.2. The number of nitriles is 1. The van der Waals surface area contributed by atoms with E-state index < -0.39 is 23.9 Å². The van der Waals surface area contributed by atoms with E-state index in [1.54, 1.807) is 18.5 Å². The molecule has 3 heterocycles. The minimum Gasteiger partial charge on any atom is -0.356 e. The fraction of sp³-hybridized carbons (Fsp3) is 0.500. The van der Waals surface area contributed by atoms with Crippen LogP contribution >= 0.6 is 0 Å². The van der Waals surface area contributed by atoms with Crippen molar-refractivity contribution in [2.24, 2.45) is 11.8 Å². The highest BCUT2D eigenvalue weighted by molar-refractivity contribution is 5.97. The summed E-state index contributed by atoms with van der Waals surface area (Å²) in [6.07, 6.45) is 4.41. The quantitative estimate of drug-likeness (QED) is 0.500. The topological polar surface area (TPSA) is 153 Å². The lowest BCUT2D eigenvalue weighted by Gasteiger charge is -2.22. The van der Waals surface area contributed by atoms with Gasteiger partial charge in [0.15, 0.2) is 5.82 Å². The van der Waals surface area contributed by atoms with E-state index in [-0.39, 0.29) is 30.0 Å². The summed E-state index contributed by atoms with van der Waals surface area (Å²) in [5.74, 6) is -1.16. The molecule has 30 heavy (non-hydrogen) atoms. The van der Waals surface area contributed by atoms with E-state index in [4.69, 9.17) is 0 Å². The summed E-state index contributed by atoms with van der Waals surface area (Å²) >= 11 is 0. The van der Waals surface area contributed by atoms with Gasteiger partial charge < -0.3 is 20.9 Å². The van der Waals surface area contributed by atoms with Crippen molar-refractivity contribution >= 4 is 28.8 Å². The molecule has 1 saturated heterocycles. The Morgan fingerprint density at radius 1 is 1.37 bits per heavy atom.